The molecule has 0 unspecified atom stereocenters. The highest BCUT2D eigenvalue weighted by molar-refractivity contribution is 5.77. The van der Waals surface area contributed by atoms with E-state index in [9.17, 15) is 4.79 Å². The third kappa shape index (κ3) is 2.75. The fourth-order valence-electron chi connectivity index (χ4n) is 2.60. The van der Waals surface area contributed by atoms with Gasteiger partial charge in [0.25, 0.3) is 0 Å². The maximum absolute atomic E-state index is 12.0. The second-order valence-corrected chi connectivity index (χ2v) is 5.71. The van der Waals surface area contributed by atoms with Gasteiger partial charge in [0.15, 0.2) is 0 Å². The lowest BCUT2D eigenvalue weighted by molar-refractivity contribution is 0.437. The van der Waals surface area contributed by atoms with Crippen LogP contribution in [0.2, 0.25) is 0 Å². The van der Waals surface area contributed by atoms with E-state index in [1.165, 1.54) is 5.56 Å². The predicted octanol–water partition coefficient (Wildman–Crippen LogP) is 5.02. The molecule has 0 spiro atoms. The Labute approximate surface area is 129 Å². The van der Waals surface area contributed by atoms with E-state index in [0.717, 1.165) is 10.9 Å². The number of rotatable bonds is 3. The summed E-state index contributed by atoms with van der Waals surface area (Å²) in [5.74, 6) is 1.31. The number of fused-ring (bicyclic) bond motifs is 1. The highest BCUT2D eigenvalue weighted by Gasteiger charge is 2.09. The van der Waals surface area contributed by atoms with Gasteiger partial charge in [0, 0.05) is 5.39 Å². The topological polar surface area (TPSA) is 39.4 Å². The zero-order chi connectivity index (χ0) is 15.7. The average Bonchev–Trinajstić information content (AvgIpc) is 2.47. The van der Waals surface area contributed by atoms with Gasteiger partial charge >= 0.3 is 5.63 Å². The maximum Gasteiger partial charge on any atom is 0.379 e. The van der Waals surface area contributed by atoms with E-state index in [-0.39, 0.29) is 5.75 Å². The number of benzene rings is 2. The normalized spacial score (nSPS) is 11.1. The third-order valence-electron chi connectivity index (χ3n) is 3.70. The van der Waals surface area contributed by atoms with Crippen LogP contribution < -0.4 is 10.4 Å². The third-order valence-corrected chi connectivity index (χ3v) is 3.70. The number of hydrogen-bond donors (Lipinski definition) is 0. The molecule has 3 rings (SSSR count). The molecule has 0 radical (unpaired) electrons. The molecule has 0 atom stereocenters. The first-order chi connectivity index (χ1) is 10.5. The van der Waals surface area contributed by atoms with Crippen LogP contribution in [0.5, 0.6) is 11.5 Å². The van der Waals surface area contributed by atoms with E-state index >= 15 is 0 Å². The molecule has 0 aliphatic rings. The Morgan fingerprint density at radius 3 is 2.55 bits per heavy atom. The van der Waals surface area contributed by atoms with Gasteiger partial charge in [0.2, 0.25) is 5.75 Å². The van der Waals surface area contributed by atoms with Gasteiger partial charge in [0.1, 0.15) is 11.3 Å². The highest BCUT2D eigenvalue weighted by Crippen LogP contribution is 2.27. The second-order valence-electron chi connectivity index (χ2n) is 5.71. The molecule has 3 heteroatoms. The van der Waals surface area contributed by atoms with Crippen LogP contribution in [-0.2, 0) is 0 Å². The number of ether oxygens (including phenoxy) is 1. The zero-order valence-electron chi connectivity index (χ0n) is 12.9. The van der Waals surface area contributed by atoms with E-state index in [1.807, 2.05) is 43.3 Å². The van der Waals surface area contributed by atoms with Gasteiger partial charge in [-0.3, -0.25) is 0 Å². The molecule has 0 N–H and O–H groups in total. The van der Waals surface area contributed by atoms with Crippen molar-refractivity contribution in [2.45, 2.75) is 26.7 Å². The van der Waals surface area contributed by atoms with Crippen LogP contribution in [0.15, 0.2) is 57.7 Å². The van der Waals surface area contributed by atoms with Gasteiger partial charge < -0.3 is 9.15 Å². The molecule has 112 valence electrons. The Morgan fingerprint density at radius 2 is 1.82 bits per heavy atom. The Kier molecular flexibility index (Phi) is 3.72. The minimum absolute atomic E-state index is 0.204. The van der Waals surface area contributed by atoms with E-state index in [1.54, 1.807) is 12.1 Å². The van der Waals surface area contributed by atoms with E-state index < -0.39 is 5.63 Å². The molecule has 0 fully saturated rings. The van der Waals surface area contributed by atoms with Gasteiger partial charge in [-0.1, -0.05) is 38.1 Å². The summed E-state index contributed by atoms with van der Waals surface area (Å²) in [5.41, 5.74) is 2.52. The number of hydrogen-bond acceptors (Lipinski definition) is 3. The fraction of sp³-hybridized carbons (Fsp3) is 0.211. The summed E-state index contributed by atoms with van der Waals surface area (Å²) < 4.78 is 11.0. The lowest BCUT2D eigenvalue weighted by Crippen LogP contribution is -2.03. The van der Waals surface area contributed by atoms with Crippen LogP contribution in [0.1, 0.15) is 30.9 Å². The van der Waals surface area contributed by atoms with Gasteiger partial charge in [-0.05, 0) is 48.2 Å². The minimum atomic E-state index is -0.468. The van der Waals surface area contributed by atoms with E-state index in [2.05, 4.69) is 13.8 Å². The first-order valence-electron chi connectivity index (χ1n) is 7.36. The SMILES string of the molecule is Cc1cc(Oc2cc3ccccc3oc2=O)ccc1C(C)C. The van der Waals surface area contributed by atoms with Crippen molar-refractivity contribution >= 4 is 11.0 Å². The summed E-state index contributed by atoms with van der Waals surface area (Å²) in [7, 11) is 0. The molecule has 0 aliphatic heterocycles. The standard InChI is InChI=1S/C19H18O3/c1-12(2)16-9-8-15(10-13(16)3)21-18-11-14-6-4-5-7-17(14)22-19(18)20/h4-12H,1-3H3. The summed E-state index contributed by atoms with van der Waals surface area (Å²) in [4.78, 5) is 12.0. The van der Waals surface area contributed by atoms with Crippen LogP contribution in [0.25, 0.3) is 11.0 Å². The molecule has 3 nitrogen and oxygen atoms in total. The fourth-order valence-corrected chi connectivity index (χ4v) is 2.60. The molecule has 0 saturated heterocycles. The summed E-state index contributed by atoms with van der Waals surface area (Å²) in [5, 5.41) is 0.840. The Hall–Kier alpha value is -2.55. The molecule has 0 bridgehead atoms. The van der Waals surface area contributed by atoms with Crippen molar-refractivity contribution in [2.24, 2.45) is 0 Å². The molecule has 1 heterocycles. The van der Waals surface area contributed by atoms with Crippen LogP contribution in [0.3, 0.4) is 0 Å². The highest BCUT2D eigenvalue weighted by atomic mass is 16.5. The largest absolute Gasteiger partial charge is 0.450 e. The molecule has 1 aromatic heterocycles. The molecule has 3 aromatic rings. The monoisotopic (exact) mass is 294 g/mol. The lowest BCUT2D eigenvalue weighted by atomic mass is 9.98. The molecular formula is C19H18O3. The Bertz CT molecular complexity index is 875. The van der Waals surface area contributed by atoms with Crippen molar-refractivity contribution < 1.29 is 9.15 Å². The molecule has 0 amide bonds. The first-order valence-corrected chi connectivity index (χ1v) is 7.36. The predicted molar refractivity (Wildman–Crippen MR) is 87.8 cm³/mol. The second kappa shape index (κ2) is 5.68. The van der Waals surface area contributed by atoms with Gasteiger partial charge in [0.05, 0.1) is 0 Å². The van der Waals surface area contributed by atoms with Crippen molar-refractivity contribution in [2.75, 3.05) is 0 Å². The summed E-state index contributed by atoms with van der Waals surface area (Å²) >= 11 is 0. The smallest absolute Gasteiger partial charge is 0.379 e. The van der Waals surface area contributed by atoms with Crippen molar-refractivity contribution in [3.05, 3.63) is 70.1 Å². The quantitative estimate of drug-likeness (QED) is 0.637. The van der Waals surface area contributed by atoms with Crippen molar-refractivity contribution in [1.82, 2.24) is 0 Å². The van der Waals surface area contributed by atoms with Crippen LogP contribution in [-0.4, -0.2) is 0 Å². The van der Waals surface area contributed by atoms with Crippen LogP contribution in [0.4, 0.5) is 0 Å². The maximum atomic E-state index is 12.0. The van der Waals surface area contributed by atoms with Crippen LogP contribution >= 0.6 is 0 Å². The van der Waals surface area contributed by atoms with E-state index in [4.69, 9.17) is 9.15 Å². The first kappa shape index (κ1) is 14.4. The Balaban J connectivity index is 1.98. The molecule has 2 aromatic carbocycles. The molecule has 0 saturated carbocycles. The minimum Gasteiger partial charge on any atom is -0.450 e. The molecule has 0 aliphatic carbocycles. The average molecular weight is 294 g/mol. The lowest BCUT2D eigenvalue weighted by Gasteiger charge is -2.12. The Morgan fingerprint density at radius 1 is 1.05 bits per heavy atom. The van der Waals surface area contributed by atoms with Crippen LogP contribution in [0, 0.1) is 6.92 Å². The molecule has 22 heavy (non-hydrogen) atoms. The van der Waals surface area contributed by atoms with Gasteiger partial charge in [-0.15, -0.1) is 0 Å². The van der Waals surface area contributed by atoms with Gasteiger partial charge in [-0.25, -0.2) is 4.79 Å². The van der Waals surface area contributed by atoms with E-state index in [0.29, 0.717) is 17.3 Å². The van der Waals surface area contributed by atoms with Crippen molar-refractivity contribution in [3.63, 3.8) is 0 Å². The zero-order valence-corrected chi connectivity index (χ0v) is 12.9. The van der Waals surface area contributed by atoms with Crippen molar-refractivity contribution in [3.8, 4) is 11.5 Å². The van der Waals surface area contributed by atoms with Crippen molar-refractivity contribution in [1.29, 1.82) is 0 Å². The number of aryl methyl sites for hydroxylation is 1. The summed E-state index contributed by atoms with van der Waals surface area (Å²) in [6.45, 7) is 6.35. The summed E-state index contributed by atoms with van der Waals surface area (Å²) in [6, 6.07) is 15.0. The summed E-state index contributed by atoms with van der Waals surface area (Å²) in [6.07, 6.45) is 0. The molecular weight excluding hydrogens is 276 g/mol. The number of para-hydroxylation sites is 1. The van der Waals surface area contributed by atoms with Gasteiger partial charge in [-0.2, -0.15) is 0 Å².